The Bertz CT molecular complexity index is 929. The fraction of sp³-hybridized carbons (Fsp3) is 0.294. The molecule has 0 saturated carbocycles. The molecule has 8 heteroatoms. The molecule has 0 saturated heterocycles. The Labute approximate surface area is 148 Å². The number of nitrogens with two attached hydrogens (primary N) is 1. The van der Waals surface area contributed by atoms with Crippen LogP contribution < -0.4 is 15.8 Å². The molecule has 2 heterocycles. The van der Waals surface area contributed by atoms with Gasteiger partial charge in [-0.05, 0) is 37.1 Å². The number of nitrogens with zero attached hydrogens (tertiary/aromatic N) is 2. The maximum absolute atomic E-state index is 13.7. The van der Waals surface area contributed by atoms with Crippen molar-refractivity contribution in [3.05, 3.63) is 45.7 Å². The van der Waals surface area contributed by atoms with Crippen molar-refractivity contribution in [3.8, 4) is 5.75 Å². The second-order valence-electron chi connectivity index (χ2n) is 5.72. The van der Waals surface area contributed by atoms with Crippen molar-refractivity contribution in [2.75, 3.05) is 12.8 Å². The number of anilines is 1. The van der Waals surface area contributed by atoms with E-state index in [0.717, 1.165) is 16.6 Å². The van der Waals surface area contributed by atoms with Crippen LogP contribution in [-0.2, 0) is 6.54 Å². The SMILES string of the molecule is COc1ccc(CNC(O)c2sc3nnc(C)c(C)c3c2N)cc1F. The third-order valence-corrected chi connectivity index (χ3v) is 5.27. The molecule has 0 aliphatic rings. The molecule has 1 aromatic carbocycles. The predicted molar refractivity (Wildman–Crippen MR) is 96.1 cm³/mol. The fourth-order valence-electron chi connectivity index (χ4n) is 2.59. The van der Waals surface area contributed by atoms with Gasteiger partial charge in [-0.25, -0.2) is 4.39 Å². The molecule has 0 bridgehead atoms. The number of hydrogen-bond acceptors (Lipinski definition) is 7. The summed E-state index contributed by atoms with van der Waals surface area (Å²) in [5.41, 5.74) is 9.15. The first-order valence-corrected chi connectivity index (χ1v) is 8.49. The van der Waals surface area contributed by atoms with Gasteiger partial charge in [0.2, 0.25) is 0 Å². The summed E-state index contributed by atoms with van der Waals surface area (Å²) in [6, 6.07) is 4.65. The second kappa shape index (κ2) is 6.91. The first kappa shape index (κ1) is 17.5. The highest BCUT2D eigenvalue weighted by molar-refractivity contribution is 7.19. The lowest BCUT2D eigenvalue weighted by molar-refractivity contribution is 0.141. The standard InChI is InChI=1S/C17H19FN4O2S/c1-8-9(2)21-22-17-13(8)14(19)15(25-17)16(23)20-7-10-4-5-12(24-3)11(18)6-10/h4-6,16,20,23H,7,19H2,1-3H3. The maximum Gasteiger partial charge on any atom is 0.165 e. The normalized spacial score (nSPS) is 12.5. The van der Waals surface area contributed by atoms with Crippen molar-refractivity contribution in [2.45, 2.75) is 26.6 Å². The summed E-state index contributed by atoms with van der Waals surface area (Å²) in [5.74, 6) is -0.262. The third-order valence-electron chi connectivity index (χ3n) is 4.13. The Morgan fingerprint density at radius 3 is 2.80 bits per heavy atom. The van der Waals surface area contributed by atoms with Gasteiger partial charge in [0.05, 0.1) is 23.4 Å². The van der Waals surface area contributed by atoms with E-state index in [4.69, 9.17) is 10.5 Å². The van der Waals surface area contributed by atoms with Crippen LogP contribution in [0.15, 0.2) is 18.2 Å². The van der Waals surface area contributed by atoms with Crippen LogP contribution >= 0.6 is 11.3 Å². The molecule has 3 rings (SSSR count). The molecule has 0 aliphatic carbocycles. The van der Waals surface area contributed by atoms with E-state index in [9.17, 15) is 9.50 Å². The summed E-state index contributed by atoms with van der Waals surface area (Å²) in [6.07, 6.45) is -0.982. The number of aliphatic hydroxyl groups excluding tert-OH is 1. The zero-order valence-corrected chi connectivity index (χ0v) is 14.9. The monoisotopic (exact) mass is 362 g/mol. The number of benzene rings is 1. The van der Waals surface area contributed by atoms with Crippen LogP contribution in [0.25, 0.3) is 10.2 Å². The minimum absolute atomic E-state index is 0.183. The summed E-state index contributed by atoms with van der Waals surface area (Å²) < 4.78 is 18.6. The first-order chi connectivity index (χ1) is 11.9. The van der Waals surface area contributed by atoms with Crippen LogP contribution in [0.3, 0.4) is 0 Å². The minimum atomic E-state index is -0.982. The molecule has 1 unspecified atom stereocenters. The number of thiophene rings is 1. The smallest absolute Gasteiger partial charge is 0.165 e. The lowest BCUT2D eigenvalue weighted by atomic mass is 10.1. The van der Waals surface area contributed by atoms with Crippen molar-refractivity contribution in [1.82, 2.24) is 15.5 Å². The number of halogens is 1. The van der Waals surface area contributed by atoms with Gasteiger partial charge in [-0.3, -0.25) is 5.32 Å². The summed E-state index contributed by atoms with van der Waals surface area (Å²) in [6.45, 7) is 4.07. The number of ether oxygens (including phenoxy) is 1. The Morgan fingerprint density at radius 1 is 1.36 bits per heavy atom. The van der Waals surface area contributed by atoms with Crippen LogP contribution in [-0.4, -0.2) is 22.4 Å². The highest BCUT2D eigenvalue weighted by Crippen LogP contribution is 2.37. The van der Waals surface area contributed by atoms with E-state index in [-0.39, 0.29) is 12.3 Å². The molecule has 6 nitrogen and oxygen atoms in total. The number of nitrogens with one attached hydrogen (secondary N) is 1. The quantitative estimate of drug-likeness (QED) is 0.605. The van der Waals surface area contributed by atoms with E-state index < -0.39 is 12.0 Å². The number of aliphatic hydroxyl groups is 1. The highest BCUT2D eigenvalue weighted by Gasteiger charge is 2.20. The Balaban J connectivity index is 1.81. The van der Waals surface area contributed by atoms with Gasteiger partial charge >= 0.3 is 0 Å². The Hall–Kier alpha value is -2.29. The molecule has 25 heavy (non-hydrogen) atoms. The van der Waals surface area contributed by atoms with E-state index in [2.05, 4.69) is 15.5 Å². The second-order valence-corrected chi connectivity index (χ2v) is 6.75. The average Bonchev–Trinajstić information content (AvgIpc) is 2.93. The van der Waals surface area contributed by atoms with Gasteiger partial charge in [-0.15, -0.1) is 16.4 Å². The number of hydrogen-bond donors (Lipinski definition) is 3. The largest absolute Gasteiger partial charge is 0.494 e. The van der Waals surface area contributed by atoms with Gasteiger partial charge < -0.3 is 15.6 Å². The van der Waals surface area contributed by atoms with Gasteiger partial charge in [0, 0.05) is 11.9 Å². The summed E-state index contributed by atoms with van der Waals surface area (Å²) in [5, 5.41) is 22.4. The number of aromatic nitrogens is 2. The zero-order valence-electron chi connectivity index (χ0n) is 14.1. The fourth-order valence-corrected chi connectivity index (χ4v) is 3.65. The van der Waals surface area contributed by atoms with Gasteiger partial charge in [-0.1, -0.05) is 6.07 Å². The van der Waals surface area contributed by atoms with E-state index >= 15 is 0 Å². The molecule has 0 amide bonds. The molecule has 3 aromatic rings. The predicted octanol–water partition coefficient (Wildman–Crippen LogP) is 2.82. The Morgan fingerprint density at radius 2 is 2.12 bits per heavy atom. The van der Waals surface area contributed by atoms with Crippen molar-refractivity contribution in [2.24, 2.45) is 0 Å². The molecule has 1 atom stereocenters. The zero-order chi connectivity index (χ0) is 18.1. The van der Waals surface area contributed by atoms with Crippen LogP contribution in [0.4, 0.5) is 10.1 Å². The van der Waals surface area contributed by atoms with Gasteiger partial charge in [0.15, 0.2) is 11.6 Å². The Kier molecular flexibility index (Phi) is 4.85. The number of aryl methyl sites for hydroxylation is 2. The first-order valence-electron chi connectivity index (χ1n) is 7.68. The van der Waals surface area contributed by atoms with Crippen molar-refractivity contribution in [1.29, 1.82) is 0 Å². The van der Waals surface area contributed by atoms with E-state index in [1.54, 1.807) is 12.1 Å². The van der Waals surface area contributed by atoms with Crippen molar-refractivity contribution < 1.29 is 14.2 Å². The molecular formula is C17H19FN4O2S. The minimum Gasteiger partial charge on any atom is -0.494 e. The van der Waals surface area contributed by atoms with Crippen LogP contribution in [0.2, 0.25) is 0 Å². The van der Waals surface area contributed by atoms with E-state index in [0.29, 0.717) is 21.0 Å². The third kappa shape index (κ3) is 3.28. The van der Waals surface area contributed by atoms with Crippen LogP contribution in [0.5, 0.6) is 5.75 Å². The maximum atomic E-state index is 13.7. The summed E-state index contributed by atoms with van der Waals surface area (Å²) in [4.78, 5) is 1.26. The average molecular weight is 362 g/mol. The molecule has 4 N–H and O–H groups in total. The number of nitrogen functional groups attached to an aromatic ring is 1. The number of methoxy groups -OCH3 is 1. The van der Waals surface area contributed by atoms with Crippen LogP contribution in [0, 0.1) is 19.7 Å². The van der Waals surface area contributed by atoms with Crippen molar-refractivity contribution >= 4 is 27.2 Å². The van der Waals surface area contributed by atoms with Crippen LogP contribution in [0.1, 0.15) is 27.9 Å². The summed E-state index contributed by atoms with van der Waals surface area (Å²) in [7, 11) is 1.41. The molecule has 0 aliphatic heterocycles. The highest BCUT2D eigenvalue weighted by atomic mass is 32.1. The molecule has 0 fully saturated rings. The van der Waals surface area contributed by atoms with Gasteiger partial charge in [-0.2, -0.15) is 5.10 Å². The molecular weight excluding hydrogens is 343 g/mol. The molecule has 0 radical (unpaired) electrons. The topological polar surface area (TPSA) is 93.3 Å². The lowest BCUT2D eigenvalue weighted by Gasteiger charge is -2.13. The number of rotatable bonds is 5. The number of fused-ring (bicyclic) bond motifs is 1. The van der Waals surface area contributed by atoms with Crippen molar-refractivity contribution in [3.63, 3.8) is 0 Å². The van der Waals surface area contributed by atoms with Gasteiger partial charge in [0.25, 0.3) is 0 Å². The summed E-state index contributed by atoms with van der Waals surface area (Å²) >= 11 is 1.29. The molecule has 2 aromatic heterocycles. The van der Waals surface area contributed by atoms with E-state index in [1.165, 1.54) is 24.5 Å². The molecule has 132 valence electrons. The lowest BCUT2D eigenvalue weighted by Crippen LogP contribution is -2.20. The van der Waals surface area contributed by atoms with Gasteiger partial charge in [0.1, 0.15) is 11.1 Å². The van der Waals surface area contributed by atoms with E-state index in [1.807, 2.05) is 13.8 Å². The molecule has 0 spiro atoms.